The first-order valence-electron chi connectivity index (χ1n) is 8.91. The summed E-state index contributed by atoms with van der Waals surface area (Å²) < 4.78 is 21.6. The van der Waals surface area contributed by atoms with Crippen molar-refractivity contribution in [2.45, 2.75) is 26.9 Å². The summed E-state index contributed by atoms with van der Waals surface area (Å²) in [6.45, 7) is 4.23. The maximum absolute atomic E-state index is 12.3. The van der Waals surface area contributed by atoms with Crippen LogP contribution in [0.25, 0.3) is 0 Å². The van der Waals surface area contributed by atoms with Gasteiger partial charge in [-0.3, -0.25) is 4.79 Å². The van der Waals surface area contributed by atoms with Gasteiger partial charge in [-0.05, 0) is 43.7 Å². The number of rotatable bonds is 6. The molecule has 2 aromatic carbocycles. The van der Waals surface area contributed by atoms with Gasteiger partial charge in [0.05, 0.1) is 12.1 Å². The van der Waals surface area contributed by atoms with E-state index in [1.165, 1.54) is 0 Å². The first kappa shape index (κ1) is 17.9. The van der Waals surface area contributed by atoms with E-state index in [4.69, 9.17) is 18.7 Å². The number of carbonyl (C=O) groups is 1. The molecule has 1 aliphatic heterocycles. The number of aryl methyl sites for hydroxylation is 2. The van der Waals surface area contributed by atoms with Gasteiger partial charge in [0.2, 0.25) is 12.7 Å². The molecule has 1 N–H and O–H groups in total. The highest BCUT2D eigenvalue weighted by atomic mass is 16.7. The number of benzene rings is 2. The number of nitrogens with zero attached hydrogens (tertiary/aromatic N) is 1. The Morgan fingerprint density at radius 1 is 1.14 bits per heavy atom. The van der Waals surface area contributed by atoms with Crippen molar-refractivity contribution in [1.29, 1.82) is 0 Å². The molecule has 0 saturated heterocycles. The molecule has 28 heavy (non-hydrogen) atoms. The number of hydrogen-bond acceptors (Lipinski definition) is 6. The topological polar surface area (TPSA) is 82.8 Å². The fourth-order valence-electron chi connectivity index (χ4n) is 2.99. The molecule has 0 atom stereocenters. The zero-order valence-corrected chi connectivity index (χ0v) is 15.7. The lowest BCUT2D eigenvalue weighted by Gasteiger charge is -2.10. The lowest BCUT2D eigenvalue weighted by Crippen LogP contribution is -2.15. The zero-order valence-electron chi connectivity index (χ0n) is 15.7. The molecule has 0 fully saturated rings. The van der Waals surface area contributed by atoms with Crippen LogP contribution >= 0.6 is 0 Å². The molecule has 0 unspecified atom stereocenters. The SMILES string of the molecule is Cc1noc(C)c1CC(=O)Nc1cccc(COc2ccc3c(c2)OCO3)c1. The van der Waals surface area contributed by atoms with Crippen LogP contribution in [0.2, 0.25) is 0 Å². The normalized spacial score (nSPS) is 12.1. The molecule has 2 heterocycles. The molecule has 0 bridgehead atoms. The second-order valence-corrected chi connectivity index (χ2v) is 6.53. The molecular formula is C21H20N2O5. The van der Waals surface area contributed by atoms with Gasteiger partial charge in [0.15, 0.2) is 11.5 Å². The predicted molar refractivity (Wildman–Crippen MR) is 102 cm³/mol. The lowest BCUT2D eigenvalue weighted by molar-refractivity contribution is -0.115. The Hall–Kier alpha value is -3.48. The lowest BCUT2D eigenvalue weighted by atomic mass is 10.1. The smallest absolute Gasteiger partial charge is 0.231 e. The molecule has 0 aliphatic carbocycles. The van der Waals surface area contributed by atoms with Crippen LogP contribution in [0, 0.1) is 13.8 Å². The second-order valence-electron chi connectivity index (χ2n) is 6.53. The molecule has 0 radical (unpaired) electrons. The standard InChI is InChI=1S/C21H20N2O5/c1-13-18(14(2)28-23-13)10-21(24)22-16-5-3-4-15(8-16)11-25-17-6-7-19-20(9-17)27-12-26-19/h3-9H,10-12H2,1-2H3,(H,22,24). The van der Waals surface area contributed by atoms with Crippen LogP contribution in [0.5, 0.6) is 17.2 Å². The Bertz CT molecular complexity index is 992. The van der Waals surface area contributed by atoms with Crippen LogP contribution in [0.15, 0.2) is 47.0 Å². The molecule has 1 aliphatic rings. The van der Waals surface area contributed by atoms with Crippen molar-refractivity contribution in [2.75, 3.05) is 12.1 Å². The van der Waals surface area contributed by atoms with Gasteiger partial charge in [0.25, 0.3) is 0 Å². The third kappa shape index (κ3) is 3.93. The van der Waals surface area contributed by atoms with Crippen LogP contribution in [0.1, 0.15) is 22.6 Å². The molecular weight excluding hydrogens is 360 g/mol. The summed E-state index contributed by atoms with van der Waals surface area (Å²) in [4.78, 5) is 12.3. The van der Waals surface area contributed by atoms with E-state index in [9.17, 15) is 4.79 Å². The van der Waals surface area contributed by atoms with Crippen molar-refractivity contribution in [3.05, 3.63) is 65.0 Å². The first-order chi connectivity index (χ1) is 13.6. The summed E-state index contributed by atoms with van der Waals surface area (Å²) in [6.07, 6.45) is 0.221. The summed E-state index contributed by atoms with van der Waals surface area (Å²) in [6, 6.07) is 13.0. The third-order valence-corrected chi connectivity index (χ3v) is 4.48. The fraction of sp³-hybridized carbons (Fsp3) is 0.238. The number of fused-ring (bicyclic) bond motifs is 1. The summed E-state index contributed by atoms with van der Waals surface area (Å²) in [5.41, 5.74) is 3.20. The highest BCUT2D eigenvalue weighted by molar-refractivity contribution is 5.92. The molecule has 7 nitrogen and oxygen atoms in total. The van der Waals surface area contributed by atoms with E-state index >= 15 is 0 Å². The monoisotopic (exact) mass is 380 g/mol. The van der Waals surface area contributed by atoms with E-state index in [-0.39, 0.29) is 19.1 Å². The molecule has 4 rings (SSSR count). The molecule has 0 saturated carbocycles. The summed E-state index contributed by atoms with van der Waals surface area (Å²) in [7, 11) is 0. The molecule has 144 valence electrons. The van der Waals surface area contributed by atoms with Crippen molar-refractivity contribution >= 4 is 11.6 Å². The molecule has 1 amide bonds. The molecule has 0 spiro atoms. The van der Waals surface area contributed by atoms with Gasteiger partial charge in [-0.1, -0.05) is 17.3 Å². The van der Waals surface area contributed by atoms with Crippen LogP contribution in [0.3, 0.4) is 0 Å². The second kappa shape index (κ2) is 7.64. The van der Waals surface area contributed by atoms with Crippen LogP contribution in [0.4, 0.5) is 5.69 Å². The van der Waals surface area contributed by atoms with Gasteiger partial charge in [0, 0.05) is 17.3 Å². The van der Waals surface area contributed by atoms with Crippen molar-refractivity contribution < 1.29 is 23.5 Å². The van der Waals surface area contributed by atoms with Crippen LogP contribution in [-0.4, -0.2) is 17.9 Å². The minimum atomic E-state index is -0.122. The minimum absolute atomic E-state index is 0.122. The number of aromatic nitrogens is 1. The van der Waals surface area contributed by atoms with Crippen molar-refractivity contribution in [3.63, 3.8) is 0 Å². The number of hydrogen-bond donors (Lipinski definition) is 1. The van der Waals surface area contributed by atoms with E-state index in [0.717, 1.165) is 22.6 Å². The maximum Gasteiger partial charge on any atom is 0.231 e. The Labute approximate surface area is 162 Å². The van der Waals surface area contributed by atoms with Gasteiger partial charge < -0.3 is 24.1 Å². The first-order valence-corrected chi connectivity index (χ1v) is 8.91. The van der Waals surface area contributed by atoms with Gasteiger partial charge in [-0.2, -0.15) is 0 Å². The Morgan fingerprint density at radius 2 is 2.00 bits per heavy atom. The van der Waals surface area contributed by atoms with Crippen LogP contribution in [-0.2, 0) is 17.8 Å². The van der Waals surface area contributed by atoms with E-state index in [2.05, 4.69) is 10.5 Å². The summed E-state index contributed by atoms with van der Waals surface area (Å²) in [5.74, 6) is 2.63. The summed E-state index contributed by atoms with van der Waals surface area (Å²) in [5, 5.41) is 6.78. The van der Waals surface area contributed by atoms with Crippen LogP contribution < -0.4 is 19.5 Å². The number of ether oxygens (including phenoxy) is 3. The van der Waals surface area contributed by atoms with Crippen molar-refractivity contribution in [1.82, 2.24) is 5.16 Å². The maximum atomic E-state index is 12.3. The molecule has 1 aromatic heterocycles. The number of anilines is 1. The highest BCUT2D eigenvalue weighted by Crippen LogP contribution is 2.35. The Morgan fingerprint density at radius 3 is 2.82 bits per heavy atom. The van der Waals surface area contributed by atoms with Gasteiger partial charge in [-0.15, -0.1) is 0 Å². The van der Waals surface area contributed by atoms with E-state index in [1.807, 2.05) is 43.3 Å². The Balaban J connectivity index is 1.37. The van der Waals surface area contributed by atoms with Crippen molar-refractivity contribution in [3.8, 4) is 17.2 Å². The number of carbonyl (C=O) groups excluding carboxylic acids is 1. The third-order valence-electron chi connectivity index (χ3n) is 4.48. The molecule has 7 heteroatoms. The quantitative estimate of drug-likeness (QED) is 0.701. The average Bonchev–Trinajstić information content (AvgIpc) is 3.28. The predicted octanol–water partition coefficient (Wildman–Crippen LogP) is 3.78. The fourth-order valence-corrected chi connectivity index (χ4v) is 2.99. The highest BCUT2D eigenvalue weighted by Gasteiger charge is 2.15. The zero-order chi connectivity index (χ0) is 19.5. The van der Waals surface area contributed by atoms with Crippen molar-refractivity contribution in [2.24, 2.45) is 0 Å². The van der Waals surface area contributed by atoms with E-state index < -0.39 is 0 Å². The van der Waals surface area contributed by atoms with Gasteiger partial charge >= 0.3 is 0 Å². The largest absolute Gasteiger partial charge is 0.489 e. The minimum Gasteiger partial charge on any atom is -0.489 e. The van der Waals surface area contributed by atoms with E-state index in [0.29, 0.717) is 29.6 Å². The average molecular weight is 380 g/mol. The number of amides is 1. The molecule has 3 aromatic rings. The van der Waals surface area contributed by atoms with Gasteiger partial charge in [-0.25, -0.2) is 0 Å². The van der Waals surface area contributed by atoms with Gasteiger partial charge in [0.1, 0.15) is 18.1 Å². The van der Waals surface area contributed by atoms with E-state index in [1.54, 1.807) is 13.0 Å². The number of nitrogens with one attached hydrogen (secondary N) is 1. The summed E-state index contributed by atoms with van der Waals surface area (Å²) >= 11 is 0. The Kier molecular flexibility index (Phi) is 4.89.